The van der Waals surface area contributed by atoms with Gasteiger partial charge in [-0.3, -0.25) is 14.9 Å². The Morgan fingerprint density at radius 2 is 1.90 bits per heavy atom. The lowest BCUT2D eigenvalue weighted by molar-refractivity contribution is -0.385. The van der Waals surface area contributed by atoms with Gasteiger partial charge in [0.1, 0.15) is 6.61 Å². The molecule has 0 bridgehead atoms. The SMILES string of the molecule is COc1cc(CCC(=O)OCCS)c([N+](=O)[O-])cc1OC. The number of carbonyl (C=O) groups excluding carboxylic acids is 1. The smallest absolute Gasteiger partial charge is 0.306 e. The first-order valence-electron chi connectivity index (χ1n) is 6.19. The van der Waals surface area contributed by atoms with Gasteiger partial charge in [0.05, 0.1) is 25.2 Å². The lowest BCUT2D eigenvalue weighted by Crippen LogP contribution is -2.08. The van der Waals surface area contributed by atoms with Gasteiger partial charge in [-0.2, -0.15) is 12.6 Å². The monoisotopic (exact) mass is 315 g/mol. The minimum absolute atomic E-state index is 0.0457. The molecule has 0 amide bonds. The predicted octanol–water partition coefficient (Wildman–Crippen LogP) is 2.02. The van der Waals surface area contributed by atoms with Gasteiger partial charge < -0.3 is 14.2 Å². The van der Waals surface area contributed by atoms with Gasteiger partial charge in [0.15, 0.2) is 11.5 Å². The number of benzene rings is 1. The van der Waals surface area contributed by atoms with Crippen molar-refractivity contribution in [1.29, 1.82) is 0 Å². The van der Waals surface area contributed by atoms with Crippen molar-refractivity contribution in [3.05, 3.63) is 27.8 Å². The molecule has 1 aromatic rings. The molecule has 7 nitrogen and oxygen atoms in total. The van der Waals surface area contributed by atoms with Gasteiger partial charge in [0, 0.05) is 17.7 Å². The number of esters is 1. The van der Waals surface area contributed by atoms with Crippen molar-refractivity contribution in [1.82, 2.24) is 0 Å². The zero-order valence-electron chi connectivity index (χ0n) is 11.8. The summed E-state index contributed by atoms with van der Waals surface area (Å²) in [4.78, 5) is 22.0. The molecule has 0 saturated carbocycles. The van der Waals surface area contributed by atoms with E-state index < -0.39 is 10.9 Å². The number of thiol groups is 1. The molecule has 0 aliphatic carbocycles. The molecule has 0 heterocycles. The van der Waals surface area contributed by atoms with E-state index >= 15 is 0 Å². The van der Waals surface area contributed by atoms with Gasteiger partial charge in [0.2, 0.25) is 0 Å². The Kier molecular flexibility index (Phi) is 6.80. The van der Waals surface area contributed by atoms with Crippen LogP contribution >= 0.6 is 12.6 Å². The molecule has 0 atom stereocenters. The van der Waals surface area contributed by atoms with Crippen LogP contribution in [-0.2, 0) is 16.0 Å². The highest BCUT2D eigenvalue weighted by molar-refractivity contribution is 7.80. The van der Waals surface area contributed by atoms with Crippen LogP contribution in [0, 0.1) is 10.1 Å². The van der Waals surface area contributed by atoms with Crippen molar-refractivity contribution in [3.63, 3.8) is 0 Å². The number of nitro groups is 1. The first-order chi connectivity index (χ1) is 10.0. The molecule has 116 valence electrons. The minimum atomic E-state index is -0.518. The standard InChI is InChI=1S/C13H17NO6S/c1-18-11-7-9(3-4-13(15)20-5-6-21)10(14(16)17)8-12(11)19-2/h7-8,21H,3-6H2,1-2H3. The van der Waals surface area contributed by atoms with Crippen molar-refractivity contribution < 1.29 is 23.9 Å². The number of nitro benzene ring substituents is 1. The summed E-state index contributed by atoms with van der Waals surface area (Å²) in [5, 5.41) is 11.1. The van der Waals surface area contributed by atoms with Crippen LogP contribution in [0.2, 0.25) is 0 Å². The maximum atomic E-state index is 11.5. The van der Waals surface area contributed by atoms with Crippen molar-refractivity contribution in [3.8, 4) is 11.5 Å². The Balaban J connectivity index is 2.93. The van der Waals surface area contributed by atoms with Crippen molar-refractivity contribution in [2.24, 2.45) is 0 Å². The third kappa shape index (κ3) is 4.82. The topological polar surface area (TPSA) is 87.9 Å². The highest BCUT2D eigenvalue weighted by atomic mass is 32.1. The van der Waals surface area contributed by atoms with Crippen LogP contribution in [0.5, 0.6) is 11.5 Å². The van der Waals surface area contributed by atoms with E-state index in [1.54, 1.807) is 0 Å². The van der Waals surface area contributed by atoms with E-state index in [-0.39, 0.29) is 30.9 Å². The van der Waals surface area contributed by atoms with Gasteiger partial charge in [-0.05, 0) is 12.5 Å². The largest absolute Gasteiger partial charge is 0.493 e. The fraction of sp³-hybridized carbons (Fsp3) is 0.462. The molecule has 1 aromatic carbocycles. The summed E-state index contributed by atoms with van der Waals surface area (Å²) in [7, 11) is 2.84. The number of hydrogen-bond donors (Lipinski definition) is 1. The number of methoxy groups -OCH3 is 2. The molecule has 21 heavy (non-hydrogen) atoms. The predicted molar refractivity (Wildman–Crippen MR) is 79.3 cm³/mol. The van der Waals surface area contributed by atoms with E-state index in [1.165, 1.54) is 26.4 Å². The molecule has 0 aromatic heterocycles. The van der Waals surface area contributed by atoms with E-state index in [0.29, 0.717) is 17.1 Å². The molecule has 0 aliphatic heterocycles. The molecule has 0 radical (unpaired) electrons. The lowest BCUT2D eigenvalue weighted by atomic mass is 10.1. The average molecular weight is 315 g/mol. The molecule has 0 saturated heterocycles. The van der Waals surface area contributed by atoms with E-state index in [9.17, 15) is 14.9 Å². The highest BCUT2D eigenvalue weighted by Crippen LogP contribution is 2.35. The lowest BCUT2D eigenvalue weighted by Gasteiger charge is -2.10. The highest BCUT2D eigenvalue weighted by Gasteiger charge is 2.20. The summed E-state index contributed by atoms with van der Waals surface area (Å²) in [6, 6.07) is 2.79. The number of aryl methyl sites for hydroxylation is 1. The van der Waals surface area contributed by atoms with Gasteiger partial charge in [-0.1, -0.05) is 0 Å². The van der Waals surface area contributed by atoms with Crippen LogP contribution in [0.1, 0.15) is 12.0 Å². The second kappa shape index (κ2) is 8.35. The molecule has 8 heteroatoms. The maximum Gasteiger partial charge on any atom is 0.306 e. The zero-order valence-corrected chi connectivity index (χ0v) is 12.7. The number of nitrogens with zero attached hydrogens (tertiary/aromatic N) is 1. The molecule has 0 N–H and O–H groups in total. The maximum absolute atomic E-state index is 11.5. The van der Waals surface area contributed by atoms with Gasteiger partial charge >= 0.3 is 5.97 Å². The molecule has 1 rings (SSSR count). The molecule has 0 unspecified atom stereocenters. The van der Waals surface area contributed by atoms with E-state index in [0.717, 1.165) is 0 Å². The Morgan fingerprint density at radius 3 is 2.43 bits per heavy atom. The first-order valence-corrected chi connectivity index (χ1v) is 6.82. The number of rotatable bonds is 8. The summed E-state index contributed by atoms with van der Waals surface area (Å²) in [6.07, 6.45) is 0.228. The number of ether oxygens (including phenoxy) is 3. The van der Waals surface area contributed by atoms with Crippen molar-refractivity contribution in [2.75, 3.05) is 26.6 Å². The Bertz CT molecular complexity index is 520. The number of carbonyl (C=O) groups is 1. The van der Waals surface area contributed by atoms with Gasteiger partial charge in [-0.25, -0.2) is 0 Å². The quantitative estimate of drug-likeness (QED) is 0.342. The Labute approximate surface area is 127 Å². The molecular weight excluding hydrogens is 298 g/mol. The van der Waals surface area contributed by atoms with Crippen molar-refractivity contribution in [2.45, 2.75) is 12.8 Å². The van der Waals surface area contributed by atoms with Crippen LogP contribution in [0.4, 0.5) is 5.69 Å². The van der Waals surface area contributed by atoms with Crippen LogP contribution in [0.25, 0.3) is 0 Å². The molecule has 0 aliphatic rings. The normalized spacial score (nSPS) is 10.0. The molecular formula is C13H17NO6S. The van der Waals surface area contributed by atoms with Crippen LogP contribution in [0.15, 0.2) is 12.1 Å². The minimum Gasteiger partial charge on any atom is -0.493 e. The summed E-state index contributed by atoms with van der Waals surface area (Å²) >= 11 is 3.93. The fourth-order valence-electron chi connectivity index (χ4n) is 1.75. The summed E-state index contributed by atoms with van der Waals surface area (Å²) in [5.74, 6) is 0.656. The summed E-state index contributed by atoms with van der Waals surface area (Å²) in [6.45, 7) is 0.218. The van der Waals surface area contributed by atoms with Crippen LogP contribution < -0.4 is 9.47 Å². The van der Waals surface area contributed by atoms with Crippen LogP contribution in [0.3, 0.4) is 0 Å². The van der Waals surface area contributed by atoms with E-state index in [4.69, 9.17) is 14.2 Å². The zero-order chi connectivity index (χ0) is 15.8. The van der Waals surface area contributed by atoms with E-state index in [2.05, 4.69) is 12.6 Å². The first kappa shape index (κ1) is 17.1. The Hall–Kier alpha value is -1.96. The van der Waals surface area contributed by atoms with Crippen molar-refractivity contribution >= 4 is 24.3 Å². The third-order valence-corrected chi connectivity index (χ3v) is 2.92. The second-order valence-electron chi connectivity index (χ2n) is 4.04. The van der Waals surface area contributed by atoms with E-state index in [1.807, 2.05) is 0 Å². The Morgan fingerprint density at radius 1 is 1.29 bits per heavy atom. The fourth-order valence-corrected chi connectivity index (χ4v) is 1.84. The summed E-state index contributed by atoms with van der Waals surface area (Å²) in [5.41, 5.74) is 0.273. The molecule has 0 fully saturated rings. The van der Waals surface area contributed by atoms with Gasteiger partial charge in [-0.15, -0.1) is 0 Å². The van der Waals surface area contributed by atoms with Gasteiger partial charge in [0.25, 0.3) is 5.69 Å². The average Bonchev–Trinajstić information content (AvgIpc) is 2.49. The number of hydrogen-bond acceptors (Lipinski definition) is 7. The molecule has 0 spiro atoms. The van der Waals surface area contributed by atoms with Crippen LogP contribution in [-0.4, -0.2) is 37.5 Å². The second-order valence-corrected chi connectivity index (χ2v) is 4.48. The summed E-state index contributed by atoms with van der Waals surface area (Å²) < 4.78 is 15.0. The third-order valence-electron chi connectivity index (χ3n) is 2.73.